The van der Waals surface area contributed by atoms with E-state index >= 15 is 0 Å². The van der Waals surface area contributed by atoms with Crippen LogP contribution >= 0.6 is 0 Å². The zero-order valence-electron chi connectivity index (χ0n) is 20.1. The molecule has 1 N–H and O–H groups in total. The molecular weight excluding hydrogens is 410 g/mol. The number of Topliss-reactive ketones (excluding diaryl/α,β-unsaturated/α-hetero) is 1. The number of carbonyl (C=O) groups is 1. The van der Waals surface area contributed by atoms with Gasteiger partial charge in [-0.2, -0.15) is 0 Å². The standard InChI is InChI=1S/C27H33N5O/c1-5-22(33)16-31-11-8-19(9-12-31)20-6-7-24-23(14-20)26(17(2)3)27(28-24)21-10-13-32-25(15-21)18(4)29-30-32/h6-7,10,13-15,17,19,28H,5,8-9,11-12,16H2,1-4H3. The van der Waals surface area contributed by atoms with E-state index in [1.807, 2.05) is 24.6 Å². The predicted molar refractivity (Wildman–Crippen MR) is 133 cm³/mol. The molecule has 0 saturated carbocycles. The monoisotopic (exact) mass is 443 g/mol. The molecule has 4 aromatic rings. The van der Waals surface area contributed by atoms with Crippen LogP contribution in [-0.2, 0) is 4.79 Å². The fraction of sp³-hybridized carbons (Fsp3) is 0.444. The summed E-state index contributed by atoms with van der Waals surface area (Å²) in [4.78, 5) is 17.8. The minimum atomic E-state index is 0.344. The van der Waals surface area contributed by atoms with Gasteiger partial charge in [0.1, 0.15) is 5.78 Å². The first-order valence-electron chi connectivity index (χ1n) is 12.2. The van der Waals surface area contributed by atoms with Crippen molar-refractivity contribution in [3.63, 3.8) is 0 Å². The van der Waals surface area contributed by atoms with E-state index in [1.54, 1.807) is 0 Å². The Morgan fingerprint density at radius 1 is 1.18 bits per heavy atom. The molecular formula is C27H33N5O. The fourth-order valence-corrected chi connectivity index (χ4v) is 5.26. The smallest absolute Gasteiger partial charge is 0.146 e. The Bertz CT molecular complexity index is 1310. The normalized spacial score (nSPS) is 15.8. The largest absolute Gasteiger partial charge is 0.354 e. The lowest BCUT2D eigenvalue weighted by molar-refractivity contribution is -0.120. The van der Waals surface area contributed by atoms with Crippen LogP contribution in [0.3, 0.4) is 0 Å². The number of benzene rings is 1. The van der Waals surface area contributed by atoms with E-state index in [0.29, 0.717) is 30.6 Å². The SMILES string of the molecule is CCC(=O)CN1CCC(c2ccc3[nH]c(-c4ccn5nnc(C)c5c4)c(C(C)C)c3c2)CC1. The lowest BCUT2D eigenvalue weighted by Gasteiger charge is -2.31. The van der Waals surface area contributed by atoms with Gasteiger partial charge in [-0.25, -0.2) is 4.52 Å². The number of pyridine rings is 1. The van der Waals surface area contributed by atoms with Gasteiger partial charge in [0.05, 0.1) is 23.4 Å². The van der Waals surface area contributed by atoms with Gasteiger partial charge in [-0.05, 0) is 80.1 Å². The average molecular weight is 444 g/mol. The number of carbonyl (C=O) groups excluding carboxylic acids is 1. The molecule has 6 nitrogen and oxygen atoms in total. The molecule has 6 heteroatoms. The molecule has 5 rings (SSSR count). The van der Waals surface area contributed by atoms with Gasteiger partial charge in [-0.1, -0.05) is 32.1 Å². The first-order valence-corrected chi connectivity index (χ1v) is 12.2. The predicted octanol–water partition coefficient (Wildman–Crippen LogP) is 5.47. The van der Waals surface area contributed by atoms with Crippen LogP contribution in [0.4, 0.5) is 0 Å². The molecule has 0 radical (unpaired) electrons. The zero-order chi connectivity index (χ0) is 23.1. The van der Waals surface area contributed by atoms with Crippen molar-refractivity contribution < 1.29 is 4.79 Å². The number of hydrogen-bond acceptors (Lipinski definition) is 4. The van der Waals surface area contributed by atoms with E-state index in [9.17, 15) is 4.79 Å². The summed E-state index contributed by atoms with van der Waals surface area (Å²) in [6.07, 6.45) is 4.85. The van der Waals surface area contributed by atoms with Crippen molar-refractivity contribution in [3.05, 3.63) is 53.3 Å². The van der Waals surface area contributed by atoms with Gasteiger partial charge in [0.2, 0.25) is 0 Å². The Labute approximate surface area is 195 Å². The molecule has 1 aromatic carbocycles. The quantitative estimate of drug-likeness (QED) is 0.429. The maximum Gasteiger partial charge on any atom is 0.146 e. The Hall–Kier alpha value is -2.99. The molecule has 0 unspecified atom stereocenters. The second kappa shape index (κ2) is 8.75. The van der Waals surface area contributed by atoms with E-state index in [-0.39, 0.29) is 0 Å². The number of aromatic nitrogens is 4. The van der Waals surface area contributed by atoms with E-state index in [1.165, 1.54) is 33.3 Å². The third-order valence-electron chi connectivity index (χ3n) is 7.18. The first kappa shape index (κ1) is 21.8. The summed E-state index contributed by atoms with van der Waals surface area (Å²) in [5.41, 5.74) is 8.31. The topological polar surface area (TPSA) is 66.3 Å². The van der Waals surface area contributed by atoms with Crippen molar-refractivity contribution in [1.82, 2.24) is 24.7 Å². The van der Waals surface area contributed by atoms with Crippen LogP contribution in [0.1, 0.15) is 68.7 Å². The van der Waals surface area contributed by atoms with Gasteiger partial charge >= 0.3 is 0 Å². The van der Waals surface area contributed by atoms with Crippen LogP contribution in [-0.4, -0.2) is 50.1 Å². The van der Waals surface area contributed by atoms with Crippen molar-refractivity contribution in [2.45, 2.75) is 58.8 Å². The van der Waals surface area contributed by atoms with E-state index in [2.05, 4.69) is 64.4 Å². The van der Waals surface area contributed by atoms with Crippen LogP contribution < -0.4 is 0 Å². The molecule has 1 aliphatic heterocycles. The van der Waals surface area contributed by atoms with Crippen molar-refractivity contribution >= 4 is 22.2 Å². The minimum absolute atomic E-state index is 0.344. The molecule has 33 heavy (non-hydrogen) atoms. The van der Waals surface area contributed by atoms with Gasteiger partial charge in [0.15, 0.2) is 0 Å². The van der Waals surface area contributed by atoms with Crippen LogP contribution in [0.25, 0.3) is 27.7 Å². The number of fused-ring (bicyclic) bond motifs is 2. The van der Waals surface area contributed by atoms with Crippen LogP contribution in [0.5, 0.6) is 0 Å². The molecule has 4 heterocycles. The number of rotatable bonds is 6. The van der Waals surface area contributed by atoms with Gasteiger partial charge in [0, 0.05) is 29.1 Å². The number of aromatic amines is 1. The number of nitrogens with zero attached hydrogens (tertiary/aromatic N) is 4. The molecule has 1 aliphatic rings. The molecule has 3 aromatic heterocycles. The maximum absolute atomic E-state index is 11.8. The van der Waals surface area contributed by atoms with Gasteiger partial charge in [-0.3, -0.25) is 9.69 Å². The Morgan fingerprint density at radius 3 is 2.70 bits per heavy atom. The van der Waals surface area contributed by atoms with Crippen molar-refractivity contribution in [1.29, 1.82) is 0 Å². The number of aryl methyl sites for hydroxylation is 1. The lowest BCUT2D eigenvalue weighted by Crippen LogP contribution is -2.36. The van der Waals surface area contributed by atoms with Gasteiger partial charge < -0.3 is 4.98 Å². The van der Waals surface area contributed by atoms with Crippen LogP contribution in [0.15, 0.2) is 36.5 Å². The highest BCUT2D eigenvalue weighted by molar-refractivity contribution is 5.92. The number of ketones is 1. The van der Waals surface area contributed by atoms with Crippen molar-refractivity contribution in [2.24, 2.45) is 0 Å². The van der Waals surface area contributed by atoms with Crippen molar-refractivity contribution in [3.8, 4) is 11.3 Å². The van der Waals surface area contributed by atoms with Crippen molar-refractivity contribution in [2.75, 3.05) is 19.6 Å². The molecule has 0 atom stereocenters. The Morgan fingerprint density at radius 2 is 1.97 bits per heavy atom. The summed E-state index contributed by atoms with van der Waals surface area (Å²) in [6.45, 7) is 11.1. The average Bonchev–Trinajstić information content (AvgIpc) is 3.39. The number of hydrogen-bond donors (Lipinski definition) is 1. The zero-order valence-corrected chi connectivity index (χ0v) is 20.1. The van der Waals surface area contributed by atoms with Crippen LogP contribution in [0, 0.1) is 6.92 Å². The Balaban J connectivity index is 1.48. The Kier molecular flexibility index (Phi) is 5.79. The highest BCUT2D eigenvalue weighted by Crippen LogP contribution is 2.38. The number of piperidine rings is 1. The summed E-state index contributed by atoms with van der Waals surface area (Å²) in [6, 6.07) is 11.2. The third kappa shape index (κ3) is 4.08. The molecule has 0 spiro atoms. The number of H-pyrrole nitrogens is 1. The summed E-state index contributed by atoms with van der Waals surface area (Å²) in [5.74, 6) is 1.29. The minimum Gasteiger partial charge on any atom is -0.354 e. The summed E-state index contributed by atoms with van der Waals surface area (Å²) >= 11 is 0. The van der Waals surface area contributed by atoms with E-state index in [4.69, 9.17) is 0 Å². The van der Waals surface area contributed by atoms with Gasteiger partial charge in [-0.15, -0.1) is 5.10 Å². The second-order valence-corrected chi connectivity index (χ2v) is 9.74. The first-order chi connectivity index (χ1) is 15.9. The maximum atomic E-state index is 11.8. The fourth-order valence-electron chi connectivity index (χ4n) is 5.26. The lowest BCUT2D eigenvalue weighted by atomic mass is 9.87. The highest BCUT2D eigenvalue weighted by Gasteiger charge is 2.23. The summed E-state index contributed by atoms with van der Waals surface area (Å²) in [7, 11) is 0. The number of likely N-dealkylation sites (tertiary alicyclic amines) is 1. The van der Waals surface area contributed by atoms with E-state index < -0.39 is 0 Å². The highest BCUT2D eigenvalue weighted by atomic mass is 16.1. The number of nitrogens with one attached hydrogen (secondary N) is 1. The van der Waals surface area contributed by atoms with Gasteiger partial charge in [0.25, 0.3) is 0 Å². The second-order valence-electron chi connectivity index (χ2n) is 9.74. The third-order valence-corrected chi connectivity index (χ3v) is 7.18. The van der Waals surface area contributed by atoms with Crippen LogP contribution in [0.2, 0.25) is 0 Å². The molecule has 0 aliphatic carbocycles. The summed E-state index contributed by atoms with van der Waals surface area (Å²) in [5, 5.41) is 9.70. The van der Waals surface area contributed by atoms with E-state index in [0.717, 1.165) is 37.1 Å². The molecule has 1 fully saturated rings. The molecule has 0 bridgehead atoms. The summed E-state index contributed by atoms with van der Waals surface area (Å²) < 4.78 is 1.83. The molecule has 172 valence electrons. The molecule has 0 amide bonds. The molecule has 1 saturated heterocycles.